The Morgan fingerprint density at radius 3 is 2.48 bits per heavy atom. The fourth-order valence-corrected chi connectivity index (χ4v) is 2.28. The maximum absolute atomic E-state index is 12.0. The number of benzene rings is 2. The van der Waals surface area contributed by atoms with Gasteiger partial charge in [0.2, 0.25) is 0 Å². The molecule has 2 aromatic rings. The van der Waals surface area contributed by atoms with E-state index in [0.717, 1.165) is 11.1 Å². The first-order chi connectivity index (χ1) is 11.1. The van der Waals surface area contributed by atoms with Gasteiger partial charge >= 0.3 is 11.9 Å². The molecule has 4 heteroatoms. The third kappa shape index (κ3) is 4.95. The van der Waals surface area contributed by atoms with E-state index >= 15 is 0 Å². The van der Waals surface area contributed by atoms with Gasteiger partial charge in [-0.2, -0.15) is 0 Å². The molecule has 0 aliphatic rings. The average molecular weight is 312 g/mol. The summed E-state index contributed by atoms with van der Waals surface area (Å²) >= 11 is 0. The summed E-state index contributed by atoms with van der Waals surface area (Å²) < 4.78 is 9.97. The summed E-state index contributed by atoms with van der Waals surface area (Å²) in [6.45, 7) is 2.14. The lowest BCUT2D eigenvalue weighted by Crippen LogP contribution is -2.09. The van der Waals surface area contributed by atoms with Crippen molar-refractivity contribution in [1.82, 2.24) is 0 Å². The van der Waals surface area contributed by atoms with Gasteiger partial charge in [0, 0.05) is 0 Å². The van der Waals surface area contributed by atoms with Crippen LogP contribution in [0.5, 0.6) is 0 Å². The van der Waals surface area contributed by atoms with Gasteiger partial charge in [0.05, 0.1) is 19.1 Å². The number of methoxy groups -OCH3 is 1. The van der Waals surface area contributed by atoms with Crippen LogP contribution >= 0.6 is 0 Å². The number of carbonyl (C=O) groups is 2. The quantitative estimate of drug-likeness (QED) is 0.763. The van der Waals surface area contributed by atoms with Crippen LogP contribution in [-0.4, -0.2) is 19.0 Å². The predicted molar refractivity (Wildman–Crippen MR) is 87.1 cm³/mol. The highest BCUT2D eigenvalue weighted by atomic mass is 16.5. The summed E-state index contributed by atoms with van der Waals surface area (Å²) in [5.74, 6) is -0.564. The highest BCUT2D eigenvalue weighted by Crippen LogP contribution is 2.19. The molecular weight excluding hydrogens is 292 g/mol. The van der Waals surface area contributed by atoms with E-state index in [4.69, 9.17) is 4.74 Å². The lowest BCUT2D eigenvalue weighted by molar-refractivity contribution is -0.145. The van der Waals surface area contributed by atoms with Gasteiger partial charge < -0.3 is 9.47 Å². The molecule has 0 radical (unpaired) electrons. The Hall–Kier alpha value is -2.62. The Balaban J connectivity index is 1.88. The second-order valence-electron chi connectivity index (χ2n) is 5.37. The SMILES string of the molecule is COC(=O)c1cccc(COC(=O)CC(C)c2ccccc2)c1. The molecule has 0 bridgehead atoms. The normalized spacial score (nSPS) is 11.6. The first-order valence-corrected chi connectivity index (χ1v) is 7.48. The van der Waals surface area contributed by atoms with E-state index < -0.39 is 5.97 Å². The Morgan fingerprint density at radius 1 is 1.04 bits per heavy atom. The maximum atomic E-state index is 12.0. The zero-order chi connectivity index (χ0) is 16.7. The molecular formula is C19H20O4. The van der Waals surface area contributed by atoms with E-state index in [1.54, 1.807) is 24.3 Å². The molecule has 120 valence electrons. The van der Waals surface area contributed by atoms with Crippen molar-refractivity contribution in [1.29, 1.82) is 0 Å². The molecule has 0 fully saturated rings. The van der Waals surface area contributed by atoms with Crippen LogP contribution in [0.25, 0.3) is 0 Å². The van der Waals surface area contributed by atoms with Gasteiger partial charge in [0.15, 0.2) is 0 Å². The molecule has 1 unspecified atom stereocenters. The zero-order valence-electron chi connectivity index (χ0n) is 13.3. The maximum Gasteiger partial charge on any atom is 0.337 e. The first-order valence-electron chi connectivity index (χ1n) is 7.48. The van der Waals surface area contributed by atoms with Crippen LogP contribution in [0.2, 0.25) is 0 Å². The summed E-state index contributed by atoms with van der Waals surface area (Å²) in [5.41, 5.74) is 2.31. The van der Waals surface area contributed by atoms with Gasteiger partial charge in [0.1, 0.15) is 6.61 Å². The van der Waals surface area contributed by atoms with E-state index in [9.17, 15) is 9.59 Å². The second kappa shape index (κ2) is 8.13. The molecule has 0 amide bonds. The third-order valence-electron chi connectivity index (χ3n) is 3.59. The fraction of sp³-hybridized carbons (Fsp3) is 0.263. The molecule has 2 rings (SSSR count). The van der Waals surface area contributed by atoms with E-state index in [0.29, 0.717) is 12.0 Å². The minimum Gasteiger partial charge on any atom is -0.465 e. The molecule has 2 aromatic carbocycles. The smallest absolute Gasteiger partial charge is 0.337 e. The van der Waals surface area contributed by atoms with E-state index in [1.807, 2.05) is 37.3 Å². The van der Waals surface area contributed by atoms with Crippen LogP contribution < -0.4 is 0 Å². The van der Waals surface area contributed by atoms with Crippen LogP contribution in [-0.2, 0) is 20.9 Å². The highest BCUT2D eigenvalue weighted by molar-refractivity contribution is 5.89. The fourth-order valence-electron chi connectivity index (χ4n) is 2.28. The number of rotatable bonds is 6. The molecule has 4 nitrogen and oxygen atoms in total. The summed E-state index contributed by atoms with van der Waals surface area (Å²) in [4.78, 5) is 23.4. The molecule has 0 N–H and O–H groups in total. The molecule has 23 heavy (non-hydrogen) atoms. The summed E-state index contributed by atoms with van der Waals surface area (Å²) in [6.07, 6.45) is 0.320. The van der Waals surface area contributed by atoms with Gasteiger partial charge in [-0.3, -0.25) is 4.79 Å². The monoisotopic (exact) mass is 312 g/mol. The van der Waals surface area contributed by atoms with Crippen molar-refractivity contribution >= 4 is 11.9 Å². The minimum absolute atomic E-state index is 0.102. The van der Waals surface area contributed by atoms with Crippen molar-refractivity contribution in [3.05, 3.63) is 71.3 Å². The molecule has 0 saturated heterocycles. The van der Waals surface area contributed by atoms with Crippen LogP contribution in [0, 0.1) is 0 Å². The molecule has 0 saturated carbocycles. The minimum atomic E-state index is -0.407. The van der Waals surface area contributed by atoms with Gasteiger partial charge in [-0.15, -0.1) is 0 Å². The number of carbonyl (C=O) groups excluding carboxylic acids is 2. The van der Waals surface area contributed by atoms with Crippen LogP contribution in [0.1, 0.15) is 40.7 Å². The molecule has 0 aliphatic heterocycles. The van der Waals surface area contributed by atoms with Crippen molar-refractivity contribution in [2.24, 2.45) is 0 Å². The summed E-state index contributed by atoms with van der Waals surface area (Å²) in [6, 6.07) is 16.7. The Labute approximate surface area is 136 Å². The van der Waals surface area contributed by atoms with Crippen molar-refractivity contribution in [2.75, 3.05) is 7.11 Å². The average Bonchev–Trinajstić information content (AvgIpc) is 2.60. The molecule has 1 atom stereocenters. The third-order valence-corrected chi connectivity index (χ3v) is 3.59. The lowest BCUT2D eigenvalue weighted by atomic mass is 9.98. The molecule has 0 aromatic heterocycles. The largest absolute Gasteiger partial charge is 0.465 e. The van der Waals surface area contributed by atoms with Crippen LogP contribution in [0.4, 0.5) is 0 Å². The highest BCUT2D eigenvalue weighted by Gasteiger charge is 2.13. The van der Waals surface area contributed by atoms with Gasteiger partial charge in [0.25, 0.3) is 0 Å². The molecule has 0 spiro atoms. The lowest BCUT2D eigenvalue weighted by Gasteiger charge is -2.11. The summed E-state index contributed by atoms with van der Waals surface area (Å²) in [5, 5.41) is 0. The van der Waals surface area contributed by atoms with E-state index in [2.05, 4.69) is 4.74 Å². The molecule has 0 heterocycles. The standard InChI is InChI=1S/C19H20O4/c1-14(16-8-4-3-5-9-16)11-18(20)23-13-15-7-6-10-17(12-15)19(21)22-2/h3-10,12,14H,11,13H2,1-2H3. The number of ether oxygens (including phenoxy) is 2. The number of hydrogen-bond acceptors (Lipinski definition) is 4. The van der Waals surface area contributed by atoms with Crippen molar-refractivity contribution in [3.8, 4) is 0 Å². The van der Waals surface area contributed by atoms with Crippen molar-refractivity contribution in [3.63, 3.8) is 0 Å². The Bertz CT molecular complexity index is 664. The summed E-state index contributed by atoms with van der Waals surface area (Å²) in [7, 11) is 1.33. The zero-order valence-corrected chi connectivity index (χ0v) is 13.3. The van der Waals surface area contributed by atoms with Crippen molar-refractivity contribution in [2.45, 2.75) is 25.9 Å². The van der Waals surface area contributed by atoms with Crippen LogP contribution in [0.15, 0.2) is 54.6 Å². The first kappa shape index (κ1) is 16.7. The Kier molecular flexibility index (Phi) is 5.92. The second-order valence-corrected chi connectivity index (χ2v) is 5.37. The van der Waals surface area contributed by atoms with Gasteiger partial charge in [-0.1, -0.05) is 49.4 Å². The van der Waals surface area contributed by atoms with E-state index in [-0.39, 0.29) is 18.5 Å². The number of esters is 2. The number of hydrogen-bond donors (Lipinski definition) is 0. The topological polar surface area (TPSA) is 52.6 Å². The van der Waals surface area contributed by atoms with E-state index in [1.165, 1.54) is 7.11 Å². The predicted octanol–water partition coefficient (Wildman–Crippen LogP) is 3.71. The van der Waals surface area contributed by atoms with Crippen LogP contribution in [0.3, 0.4) is 0 Å². The molecule has 0 aliphatic carbocycles. The van der Waals surface area contributed by atoms with Gasteiger partial charge in [-0.05, 0) is 29.2 Å². The Morgan fingerprint density at radius 2 is 1.78 bits per heavy atom. The van der Waals surface area contributed by atoms with Crippen molar-refractivity contribution < 1.29 is 19.1 Å². The van der Waals surface area contributed by atoms with Gasteiger partial charge in [-0.25, -0.2) is 4.79 Å².